The van der Waals surface area contributed by atoms with E-state index in [1.165, 1.54) is 18.3 Å². The molecular formula is C8H6BrNO2S. The van der Waals surface area contributed by atoms with Crippen LogP contribution in [0.2, 0.25) is 0 Å². The largest absolute Gasteiger partial charge is 0.441 e. The van der Waals surface area contributed by atoms with Crippen LogP contribution in [0, 0.1) is 11.3 Å². The van der Waals surface area contributed by atoms with E-state index in [1.807, 2.05) is 12.1 Å². The standard InChI is InChI=1S/C8H6BrNO2S/c1-5(11)12-6(4-10)7-2-3-8(9)13-7/h2-3,6H,1H3/t6-/m1/s1. The molecule has 68 valence electrons. The Morgan fingerprint density at radius 1 is 1.77 bits per heavy atom. The van der Waals surface area contributed by atoms with E-state index >= 15 is 0 Å². The van der Waals surface area contributed by atoms with E-state index in [2.05, 4.69) is 15.9 Å². The number of esters is 1. The third-order valence-corrected chi connectivity index (χ3v) is 2.92. The lowest BCUT2D eigenvalue weighted by Crippen LogP contribution is -2.04. The lowest BCUT2D eigenvalue weighted by molar-refractivity contribution is -0.144. The van der Waals surface area contributed by atoms with Gasteiger partial charge in [0.25, 0.3) is 0 Å². The Morgan fingerprint density at radius 3 is 2.85 bits per heavy atom. The van der Waals surface area contributed by atoms with Crippen molar-refractivity contribution in [2.24, 2.45) is 0 Å². The normalized spacial score (nSPS) is 11.8. The molecule has 1 rings (SSSR count). The zero-order valence-electron chi connectivity index (χ0n) is 6.78. The molecule has 13 heavy (non-hydrogen) atoms. The van der Waals surface area contributed by atoms with Crippen molar-refractivity contribution in [2.75, 3.05) is 0 Å². The van der Waals surface area contributed by atoms with Gasteiger partial charge in [0.2, 0.25) is 6.10 Å². The van der Waals surface area contributed by atoms with Crippen LogP contribution < -0.4 is 0 Å². The molecule has 1 heterocycles. The number of carbonyl (C=O) groups excluding carboxylic acids is 1. The van der Waals surface area contributed by atoms with Crippen molar-refractivity contribution >= 4 is 33.2 Å². The van der Waals surface area contributed by atoms with Crippen LogP contribution in [-0.4, -0.2) is 5.97 Å². The third-order valence-electron chi connectivity index (χ3n) is 1.25. The van der Waals surface area contributed by atoms with E-state index in [0.717, 1.165) is 8.66 Å². The number of halogens is 1. The molecule has 0 bridgehead atoms. The van der Waals surface area contributed by atoms with Gasteiger partial charge in [-0.1, -0.05) is 0 Å². The predicted molar refractivity (Wildman–Crippen MR) is 52.1 cm³/mol. The fraction of sp³-hybridized carbons (Fsp3) is 0.250. The SMILES string of the molecule is CC(=O)O[C@H](C#N)c1ccc(Br)s1. The van der Waals surface area contributed by atoms with Crippen LogP contribution in [-0.2, 0) is 9.53 Å². The van der Waals surface area contributed by atoms with Crippen molar-refractivity contribution in [3.05, 3.63) is 20.8 Å². The summed E-state index contributed by atoms with van der Waals surface area (Å²) >= 11 is 4.64. The first-order valence-corrected chi connectivity index (χ1v) is 5.06. The molecule has 1 atom stereocenters. The summed E-state index contributed by atoms with van der Waals surface area (Å²) in [5.74, 6) is -0.448. The fourth-order valence-electron chi connectivity index (χ4n) is 0.783. The van der Waals surface area contributed by atoms with E-state index in [-0.39, 0.29) is 0 Å². The Labute approximate surface area is 88.1 Å². The van der Waals surface area contributed by atoms with Crippen LogP contribution in [0.1, 0.15) is 17.9 Å². The molecule has 0 aliphatic rings. The zero-order valence-corrected chi connectivity index (χ0v) is 9.18. The Bertz CT molecular complexity index is 355. The molecule has 1 aromatic heterocycles. The highest BCUT2D eigenvalue weighted by atomic mass is 79.9. The van der Waals surface area contributed by atoms with E-state index in [1.54, 1.807) is 6.07 Å². The van der Waals surface area contributed by atoms with E-state index in [4.69, 9.17) is 10.00 Å². The number of nitriles is 1. The molecular weight excluding hydrogens is 254 g/mol. The fourth-order valence-corrected chi connectivity index (χ4v) is 2.18. The molecule has 0 saturated heterocycles. The summed E-state index contributed by atoms with van der Waals surface area (Å²) < 4.78 is 5.70. The highest BCUT2D eigenvalue weighted by molar-refractivity contribution is 9.11. The average Bonchev–Trinajstić information content (AvgIpc) is 2.47. The van der Waals surface area contributed by atoms with Gasteiger partial charge < -0.3 is 4.74 Å². The van der Waals surface area contributed by atoms with Gasteiger partial charge in [-0.2, -0.15) is 5.26 Å². The molecule has 0 spiro atoms. The van der Waals surface area contributed by atoms with Crippen LogP contribution in [0.25, 0.3) is 0 Å². The number of ether oxygens (including phenoxy) is 1. The van der Waals surface area contributed by atoms with Gasteiger partial charge in [0.1, 0.15) is 6.07 Å². The predicted octanol–water partition coefficient (Wildman–Crippen LogP) is 2.64. The van der Waals surface area contributed by atoms with Crippen LogP contribution in [0.3, 0.4) is 0 Å². The molecule has 0 saturated carbocycles. The number of rotatable bonds is 2. The molecule has 0 aliphatic carbocycles. The summed E-state index contributed by atoms with van der Waals surface area (Å²) in [6, 6.07) is 5.48. The number of nitrogens with zero attached hydrogens (tertiary/aromatic N) is 1. The summed E-state index contributed by atoms with van der Waals surface area (Å²) in [5, 5.41) is 8.70. The molecule has 0 fully saturated rings. The monoisotopic (exact) mass is 259 g/mol. The van der Waals surface area contributed by atoms with Gasteiger partial charge in [-0.3, -0.25) is 4.79 Å². The van der Waals surface area contributed by atoms with Gasteiger partial charge in [0.15, 0.2) is 0 Å². The quantitative estimate of drug-likeness (QED) is 0.768. The molecule has 1 aromatic rings. The van der Waals surface area contributed by atoms with E-state index in [9.17, 15) is 4.79 Å². The summed E-state index contributed by atoms with van der Waals surface area (Å²) in [6.07, 6.45) is -0.784. The Hall–Kier alpha value is -0.860. The summed E-state index contributed by atoms with van der Waals surface area (Å²) in [4.78, 5) is 11.3. The van der Waals surface area contributed by atoms with Crippen molar-refractivity contribution in [3.8, 4) is 6.07 Å². The van der Waals surface area contributed by atoms with Crippen LogP contribution >= 0.6 is 27.3 Å². The second-order valence-corrected chi connectivity index (χ2v) is 4.76. The highest BCUT2D eigenvalue weighted by Crippen LogP contribution is 2.28. The maximum absolute atomic E-state index is 10.6. The minimum Gasteiger partial charge on any atom is -0.441 e. The molecule has 0 aromatic carbocycles. The van der Waals surface area contributed by atoms with Crippen LogP contribution in [0.4, 0.5) is 0 Å². The Morgan fingerprint density at radius 2 is 2.46 bits per heavy atom. The number of hydrogen-bond acceptors (Lipinski definition) is 4. The van der Waals surface area contributed by atoms with E-state index in [0.29, 0.717) is 0 Å². The van der Waals surface area contributed by atoms with Gasteiger partial charge in [0, 0.05) is 6.92 Å². The van der Waals surface area contributed by atoms with Crippen LogP contribution in [0.5, 0.6) is 0 Å². The van der Waals surface area contributed by atoms with Crippen molar-refractivity contribution < 1.29 is 9.53 Å². The maximum Gasteiger partial charge on any atom is 0.304 e. The molecule has 0 N–H and O–H groups in total. The number of carbonyl (C=O) groups is 1. The smallest absolute Gasteiger partial charge is 0.304 e. The molecule has 0 radical (unpaired) electrons. The topological polar surface area (TPSA) is 50.1 Å². The minimum atomic E-state index is -0.784. The first-order valence-electron chi connectivity index (χ1n) is 3.45. The number of thiophene rings is 1. The molecule has 5 heteroatoms. The number of hydrogen-bond donors (Lipinski definition) is 0. The van der Waals surface area contributed by atoms with Crippen molar-refractivity contribution in [1.29, 1.82) is 5.26 Å². The molecule has 0 aliphatic heterocycles. The summed E-state index contributed by atoms with van der Waals surface area (Å²) in [6.45, 7) is 1.28. The second-order valence-electron chi connectivity index (χ2n) is 2.26. The van der Waals surface area contributed by atoms with Gasteiger partial charge in [0.05, 0.1) is 8.66 Å². The first kappa shape index (κ1) is 10.2. The van der Waals surface area contributed by atoms with Crippen molar-refractivity contribution in [3.63, 3.8) is 0 Å². The highest BCUT2D eigenvalue weighted by Gasteiger charge is 2.15. The lowest BCUT2D eigenvalue weighted by atomic mass is 10.3. The van der Waals surface area contributed by atoms with Gasteiger partial charge in [-0.15, -0.1) is 11.3 Å². The first-order chi connectivity index (χ1) is 6.13. The average molecular weight is 260 g/mol. The van der Waals surface area contributed by atoms with Crippen molar-refractivity contribution in [2.45, 2.75) is 13.0 Å². The Kier molecular flexibility index (Phi) is 3.46. The van der Waals surface area contributed by atoms with Gasteiger partial charge in [-0.25, -0.2) is 0 Å². The van der Waals surface area contributed by atoms with Crippen LogP contribution in [0.15, 0.2) is 15.9 Å². The van der Waals surface area contributed by atoms with Gasteiger partial charge in [-0.05, 0) is 28.1 Å². The van der Waals surface area contributed by atoms with Gasteiger partial charge >= 0.3 is 5.97 Å². The van der Waals surface area contributed by atoms with Crippen molar-refractivity contribution in [1.82, 2.24) is 0 Å². The maximum atomic E-state index is 10.6. The Balaban J connectivity index is 2.80. The second kappa shape index (κ2) is 4.40. The van der Waals surface area contributed by atoms with E-state index < -0.39 is 12.1 Å². The zero-order chi connectivity index (χ0) is 9.84. The molecule has 3 nitrogen and oxygen atoms in total. The lowest BCUT2D eigenvalue weighted by Gasteiger charge is -2.05. The minimum absolute atomic E-state index is 0.448. The third kappa shape index (κ3) is 2.83. The molecule has 0 unspecified atom stereocenters. The molecule has 0 amide bonds. The summed E-state index contributed by atoms with van der Waals surface area (Å²) in [5.41, 5.74) is 0. The summed E-state index contributed by atoms with van der Waals surface area (Å²) in [7, 11) is 0.